The van der Waals surface area contributed by atoms with Gasteiger partial charge in [-0.3, -0.25) is 9.97 Å². The largest absolute Gasteiger partial charge is 0.501 e. The molecule has 0 N–H and O–H groups in total. The molecule has 0 atom stereocenters. The molecule has 0 saturated heterocycles. The molecule has 0 aliphatic rings. The first-order valence-corrected chi connectivity index (χ1v) is 30.2. The quantitative estimate of drug-likeness (QED) is 0.107. The monoisotopic (exact) mass is 1100 g/mol. The van der Waals surface area contributed by atoms with E-state index in [2.05, 4.69) is 181 Å². The summed E-state index contributed by atoms with van der Waals surface area (Å²) in [5.41, 5.74) is 15.1. The number of hydrogen-bond donors (Lipinski definition) is 0. The van der Waals surface area contributed by atoms with E-state index in [-0.39, 0.29) is 37.4 Å². The van der Waals surface area contributed by atoms with Crippen molar-refractivity contribution in [3.8, 4) is 39.5 Å². The van der Waals surface area contributed by atoms with Gasteiger partial charge in [0.1, 0.15) is 5.58 Å². The van der Waals surface area contributed by atoms with Crippen LogP contribution in [-0.4, -0.2) is 32.8 Å². The van der Waals surface area contributed by atoms with Crippen molar-refractivity contribution in [3.05, 3.63) is 162 Å². The molecule has 0 amide bonds. The molecule has 4 aromatic heterocycles. The van der Waals surface area contributed by atoms with E-state index in [9.17, 15) is 0 Å². The van der Waals surface area contributed by atoms with Crippen molar-refractivity contribution in [1.82, 2.24) is 19.5 Å². The number of furan rings is 1. The summed E-state index contributed by atoms with van der Waals surface area (Å²) in [4.78, 5) is 15.1. The van der Waals surface area contributed by atoms with Crippen LogP contribution in [-0.2, 0) is 31.9 Å². The van der Waals surface area contributed by atoms with Crippen LogP contribution < -0.4 is 4.40 Å². The number of nitrogens with zero attached hydrogens (tertiary/aromatic N) is 4. The Morgan fingerprint density at radius 2 is 1.37 bits per heavy atom. The second-order valence-electron chi connectivity index (χ2n) is 20.3. The molecule has 0 unspecified atom stereocenters. The van der Waals surface area contributed by atoms with Crippen LogP contribution in [0.1, 0.15) is 96.5 Å². The standard InChI is InChI=1S/C40H38N3O.C18H24GeN.Ir/c1-24(2)31-20-27(26-14-9-8-10-15-26)21-32(25(3)4)37(31)43-34-23-41-36(40(5,6)7)22-33(34)42-39(43)30-18-13-17-29-28-16-11-12-19-35(28)44-38(29)30;1-14(2)11-16-12-18(15-9-7-6-8-10-15)20-13-17(16)19(3,4)5;/h8-17,19-25H,1-7H3;6-9,12-14H,11H2,1-5H3;/q2*-1;. The molecule has 5 aromatic carbocycles. The van der Waals surface area contributed by atoms with Crippen LogP contribution >= 0.6 is 0 Å². The minimum absolute atomic E-state index is 0. The molecular formula is C58H62GeIrN4O-2. The topological polar surface area (TPSA) is 56.7 Å². The maximum Gasteiger partial charge on any atom is 0.120 e. The van der Waals surface area contributed by atoms with Crippen LogP contribution in [0.2, 0.25) is 17.3 Å². The Kier molecular flexibility index (Phi) is 14.2. The predicted molar refractivity (Wildman–Crippen MR) is 273 cm³/mol. The number of rotatable bonds is 9. The van der Waals surface area contributed by atoms with Gasteiger partial charge in [-0.05, 0) is 58.4 Å². The normalized spacial score (nSPS) is 12.0. The van der Waals surface area contributed by atoms with Crippen LogP contribution in [0.5, 0.6) is 0 Å². The summed E-state index contributed by atoms with van der Waals surface area (Å²) >= 11 is -1.86. The van der Waals surface area contributed by atoms with Crippen molar-refractivity contribution in [2.75, 3.05) is 0 Å². The van der Waals surface area contributed by atoms with Gasteiger partial charge in [-0.15, -0.1) is 18.2 Å². The number of hydrogen-bond acceptors (Lipinski definition) is 4. The van der Waals surface area contributed by atoms with E-state index in [1.165, 1.54) is 33.5 Å². The fourth-order valence-electron chi connectivity index (χ4n) is 8.74. The van der Waals surface area contributed by atoms with Gasteiger partial charge in [0, 0.05) is 42.3 Å². The fraction of sp³-hybridized carbons (Fsp3) is 0.293. The van der Waals surface area contributed by atoms with Crippen LogP contribution in [0.15, 0.2) is 132 Å². The third-order valence-electron chi connectivity index (χ3n) is 12.0. The molecular weight excluding hydrogens is 1030 g/mol. The van der Waals surface area contributed by atoms with Crippen LogP contribution in [0.4, 0.5) is 0 Å². The average molecular weight is 1100 g/mol. The molecule has 5 nitrogen and oxygen atoms in total. The second-order valence-corrected chi connectivity index (χ2v) is 30.9. The molecule has 0 fully saturated rings. The zero-order valence-corrected chi connectivity index (χ0v) is 44.6. The summed E-state index contributed by atoms with van der Waals surface area (Å²) in [6, 6.07) is 47.0. The molecule has 0 aliphatic carbocycles. The summed E-state index contributed by atoms with van der Waals surface area (Å²) in [5, 5.41) is 2.16. The third kappa shape index (κ3) is 10.0. The van der Waals surface area contributed by atoms with Gasteiger partial charge in [-0.25, -0.2) is 0 Å². The maximum absolute atomic E-state index is 6.53. The van der Waals surface area contributed by atoms with Crippen molar-refractivity contribution in [1.29, 1.82) is 0 Å². The summed E-state index contributed by atoms with van der Waals surface area (Å²) in [6.07, 6.45) is 5.28. The minimum Gasteiger partial charge on any atom is -0.501 e. The molecule has 0 aliphatic heterocycles. The minimum atomic E-state index is -1.86. The third-order valence-corrected chi connectivity index (χ3v) is 16.4. The summed E-state index contributed by atoms with van der Waals surface area (Å²) in [5.74, 6) is 9.34. The second kappa shape index (κ2) is 19.4. The van der Waals surface area contributed by atoms with Gasteiger partial charge < -0.3 is 8.98 Å². The number of aromatic nitrogens is 4. The number of pyridine rings is 2. The summed E-state index contributed by atoms with van der Waals surface area (Å²) in [6.45, 7) is 20.3. The molecule has 7 heteroatoms. The van der Waals surface area contributed by atoms with Gasteiger partial charge in [-0.2, -0.15) is 0 Å². The van der Waals surface area contributed by atoms with Gasteiger partial charge in [0.2, 0.25) is 0 Å². The van der Waals surface area contributed by atoms with Crippen LogP contribution in [0.25, 0.3) is 72.4 Å². The zero-order valence-electron chi connectivity index (χ0n) is 40.1. The zero-order chi connectivity index (χ0) is 45.5. The van der Waals surface area contributed by atoms with Crippen molar-refractivity contribution in [2.24, 2.45) is 5.92 Å². The molecule has 0 saturated carbocycles. The Morgan fingerprint density at radius 1 is 0.692 bits per heavy atom. The van der Waals surface area contributed by atoms with Crippen LogP contribution in [0, 0.1) is 18.1 Å². The molecule has 4 heterocycles. The Balaban J connectivity index is 0.000000253. The summed E-state index contributed by atoms with van der Waals surface area (Å²) < 4.78 is 10.4. The number of imidazole rings is 1. The first-order chi connectivity index (χ1) is 30.5. The van der Waals surface area contributed by atoms with E-state index in [4.69, 9.17) is 19.4 Å². The Labute approximate surface area is 402 Å². The van der Waals surface area contributed by atoms with E-state index in [1.807, 2.05) is 42.6 Å². The van der Waals surface area contributed by atoms with Gasteiger partial charge >= 0.3 is 126 Å². The molecule has 1 radical (unpaired) electrons. The van der Waals surface area contributed by atoms with Gasteiger partial charge in [0.15, 0.2) is 0 Å². The maximum atomic E-state index is 6.53. The molecule has 9 rings (SSSR count). The predicted octanol–water partition coefficient (Wildman–Crippen LogP) is 15.3. The summed E-state index contributed by atoms with van der Waals surface area (Å²) in [7, 11) is 0. The molecule has 0 spiro atoms. The van der Waals surface area contributed by atoms with Crippen LogP contribution in [0.3, 0.4) is 0 Å². The van der Waals surface area contributed by atoms with Crippen molar-refractivity contribution in [2.45, 2.75) is 103 Å². The number of fused-ring (bicyclic) bond motifs is 4. The molecule has 9 aromatic rings. The Morgan fingerprint density at radius 3 is 2.00 bits per heavy atom. The first-order valence-electron chi connectivity index (χ1n) is 22.9. The average Bonchev–Trinajstić information content (AvgIpc) is 3.84. The van der Waals surface area contributed by atoms with Gasteiger partial charge in [-0.1, -0.05) is 108 Å². The molecule has 65 heavy (non-hydrogen) atoms. The van der Waals surface area contributed by atoms with Gasteiger partial charge in [0.05, 0.1) is 28.6 Å². The number of benzene rings is 5. The van der Waals surface area contributed by atoms with E-state index >= 15 is 0 Å². The van der Waals surface area contributed by atoms with Crippen molar-refractivity contribution in [3.63, 3.8) is 0 Å². The Hall–Kier alpha value is -5.14. The molecule has 335 valence electrons. The fourth-order valence-corrected chi connectivity index (χ4v) is 12.1. The van der Waals surface area contributed by atoms with Crippen molar-refractivity contribution < 1.29 is 24.5 Å². The smallest absolute Gasteiger partial charge is 0.120 e. The Bertz CT molecular complexity index is 3050. The van der Waals surface area contributed by atoms with E-state index in [1.54, 1.807) is 4.40 Å². The van der Waals surface area contributed by atoms with Crippen molar-refractivity contribution >= 4 is 50.6 Å². The van der Waals surface area contributed by atoms with E-state index in [0.29, 0.717) is 5.92 Å². The first kappa shape index (κ1) is 47.8. The van der Waals surface area contributed by atoms with E-state index < -0.39 is 13.3 Å². The SMILES string of the molecule is CC(C)Cc1cc(-c2[c-]cccc2)nc[c]1[Ge]([CH3])([CH3])[CH3].CC(C)c1cc(-c2ccccc2)cc(C(C)C)c1-n1c(-c2[c-]ccc3c2oc2ccccc23)nc2cc(C(C)(C)C)ncc21.[Ir]. The van der Waals surface area contributed by atoms with E-state index in [0.717, 1.165) is 67.7 Å². The number of para-hydroxylation sites is 1. The molecule has 0 bridgehead atoms. The van der Waals surface area contributed by atoms with Gasteiger partial charge in [0.25, 0.3) is 0 Å².